The van der Waals surface area contributed by atoms with E-state index in [1.165, 1.54) is 0 Å². The number of H-pyrrole nitrogens is 1. The number of nitrogens with one attached hydrogen (secondary N) is 1. The summed E-state index contributed by atoms with van der Waals surface area (Å²) in [6.07, 6.45) is 1.06. The molecule has 1 aromatic heterocycles. The summed E-state index contributed by atoms with van der Waals surface area (Å²) in [7, 11) is 0. The van der Waals surface area contributed by atoms with Crippen molar-refractivity contribution in [1.82, 2.24) is 4.98 Å². The monoisotopic (exact) mass is 198 g/mol. The summed E-state index contributed by atoms with van der Waals surface area (Å²) in [5, 5.41) is 18.7. The van der Waals surface area contributed by atoms with Crippen LogP contribution in [-0.2, 0) is 0 Å². The van der Waals surface area contributed by atoms with Crippen molar-refractivity contribution in [2.75, 3.05) is 0 Å². The largest absolute Gasteiger partial charge is 0.382 e. The summed E-state index contributed by atoms with van der Waals surface area (Å²) >= 11 is 0. The van der Waals surface area contributed by atoms with Crippen LogP contribution in [0.5, 0.6) is 0 Å². The Kier molecular flexibility index (Phi) is 2.53. The molecule has 0 radical (unpaired) electrons. The van der Waals surface area contributed by atoms with Crippen molar-refractivity contribution in [3.05, 3.63) is 59.4 Å². The van der Waals surface area contributed by atoms with Gasteiger partial charge in [0.25, 0.3) is 0 Å². The number of aliphatic hydroxyl groups is 1. The molecule has 0 bridgehead atoms. The molecule has 74 valence electrons. The van der Waals surface area contributed by atoms with Crippen LogP contribution in [0.15, 0.2) is 42.6 Å². The van der Waals surface area contributed by atoms with Crippen LogP contribution in [0.25, 0.3) is 0 Å². The van der Waals surface area contributed by atoms with Gasteiger partial charge in [-0.1, -0.05) is 12.1 Å². The van der Waals surface area contributed by atoms with Crippen LogP contribution < -0.4 is 0 Å². The number of benzene rings is 1. The van der Waals surface area contributed by atoms with Gasteiger partial charge in [-0.3, -0.25) is 0 Å². The van der Waals surface area contributed by atoms with Crippen LogP contribution in [-0.4, -0.2) is 10.1 Å². The van der Waals surface area contributed by atoms with E-state index in [0.717, 1.165) is 11.3 Å². The average Bonchev–Trinajstić information content (AvgIpc) is 2.81. The fourth-order valence-corrected chi connectivity index (χ4v) is 1.47. The molecule has 1 atom stereocenters. The van der Waals surface area contributed by atoms with Crippen LogP contribution in [0.4, 0.5) is 0 Å². The molecular formula is C12H10N2O. The van der Waals surface area contributed by atoms with Crippen LogP contribution in [0.3, 0.4) is 0 Å². The molecule has 1 unspecified atom stereocenters. The third-order valence-corrected chi connectivity index (χ3v) is 2.25. The lowest BCUT2D eigenvalue weighted by atomic mass is 10.0. The van der Waals surface area contributed by atoms with Gasteiger partial charge in [-0.2, -0.15) is 5.26 Å². The lowest BCUT2D eigenvalue weighted by Crippen LogP contribution is -1.99. The smallest absolute Gasteiger partial charge is 0.119 e. The first kappa shape index (κ1) is 9.50. The molecule has 0 aliphatic carbocycles. The van der Waals surface area contributed by atoms with E-state index < -0.39 is 6.10 Å². The van der Waals surface area contributed by atoms with Crippen molar-refractivity contribution in [2.45, 2.75) is 6.10 Å². The minimum atomic E-state index is -0.701. The van der Waals surface area contributed by atoms with Gasteiger partial charge in [-0.05, 0) is 29.8 Å². The average molecular weight is 198 g/mol. The van der Waals surface area contributed by atoms with Crippen LogP contribution in [0, 0.1) is 11.3 Å². The van der Waals surface area contributed by atoms with Crippen molar-refractivity contribution in [1.29, 1.82) is 5.26 Å². The molecule has 0 saturated carbocycles. The standard InChI is InChI=1S/C12H10N2O/c13-8-9-3-1-4-10(7-9)12(15)11-5-2-6-14-11/h1-7,12,14-15H. The Morgan fingerprint density at radius 1 is 1.27 bits per heavy atom. The summed E-state index contributed by atoms with van der Waals surface area (Å²) < 4.78 is 0. The van der Waals surface area contributed by atoms with Gasteiger partial charge in [0.15, 0.2) is 0 Å². The Labute approximate surface area is 87.6 Å². The number of nitriles is 1. The molecule has 15 heavy (non-hydrogen) atoms. The minimum absolute atomic E-state index is 0.554. The number of aliphatic hydroxyl groups excluding tert-OH is 1. The molecule has 2 N–H and O–H groups in total. The van der Waals surface area contributed by atoms with Gasteiger partial charge in [0, 0.05) is 11.9 Å². The minimum Gasteiger partial charge on any atom is -0.382 e. The van der Waals surface area contributed by atoms with Crippen LogP contribution in [0.2, 0.25) is 0 Å². The van der Waals surface area contributed by atoms with Crippen molar-refractivity contribution in [3.63, 3.8) is 0 Å². The van der Waals surface area contributed by atoms with E-state index in [0.29, 0.717) is 5.56 Å². The Bertz CT molecular complexity index is 483. The molecule has 0 spiro atoms. The maximum Gasteiger partial charge on any atom is 0.119 e. The first-order chi connectivity index (χ1) is 7.31. The van der Waals surface area contributed by atoms with Crippen molar-refractivity contribution in [2.24, 2.45) is 0 Å². The van der Waals surface area contributed by atoms with E-state index in [1.54, 1.807) is 30.5 Å². The maximum absolute atomic E-state index is 9.96. The fourth-order valence-electron chi connectivity index (χ4n) is 1.47. The molecule has 0 amide bonds. The summed E-state index contributed by atoms with van der Waals surface area (Å²) in [6, 6.07) is 12.6. The number of aromatic amines is 1. The first-order valence-corrected chi connectivity index (χ1v) is 4.62. The highest BCUT2D eigenvalue weighted by atomic mass is 16.3. The van der Waals surface area contributed by atoms with Crippen LogP contribution in [0.1, 0.15) is 22.9 Å². The topological polar surface area (TPSA) is 59.8 Å². The molecule has 2 rings (SSSR count). The van der Waals surface area contributed by atoms with Crippen molar-refractivity contribution < 1.29 is 5.11 Å². The zero-order valence-electron chi connectivity index (χ0n) is 8.01. The summed E-state index contributed by atoms with van der Waals surface area (Å²) in [6.45, 7) is 0. The van der Waals surface area contributed by atoms with Crippen LogP contribution >= 0.6 is 0 Å². The SMILES string of the molecule is N#Cc1cccc(C(O)c2ccc[nH]2)c1. The molecule has 3 nitrogen and oxygen atoms in total. The number of aromatic nitrogens is 1. The number of rotatable bonds is 2. The Hall–Kier alpha value is -2.05. The number of nitrogens with zero attached hydrogens (tertiary/aromatic N) is 1. The third-order valence-electron chi connectivity index (χ3n) is 2.25. The van der Waals surface area contributed by atoms with Gasteiger partial charge in [0.2, 0.25) is 0 Å². The van der Waals surface area contributed by atoms with Crippen molar-refractivity contribution >= 4 is 0 Å². The zero-order valence-corrected chi connectivity index (χ0v) is 8.01. The highest BCUT2D eigenvalue weighted by Crippen LogP contribution is 2.20. The third kappa shape index (κ3) is 1.90. The predicted molar refractivity (Wildman–Crippen MR) is 56.0 cm³/mol. The summed E-state index contributed by atoms with van der Waals surface area (Å²) in [5.74, 6) is 0. The van der Waals surface area contributed by atoms with Gasteiger partial charge in [-0.25, -0.2) is 0 Å². The van der Waals surface area contributed by atoms with Gasteiger partial charge < -0.3 is 10.1 Å². The fraction of sp³-hybridized carbons (Fsp3) is 0.0833. The molecule has 2 aromatic rings. The van der Waals surface area contributed by atoms with Gasteiger partial charge >= 0.3 is 0 Å². The van der Waals surface area contributed by atoms with E-state index in [-0.39, 0.29) is 0 Å². The second-order valence-electron chi connectivity index (χ2n) is 3.27. The quantitative estimate of drug-likeness (QED) is 0.775. The highest BCUT2D eigenvalue weighted by molar-refractivity contribution is 5.36. The Balaban J connectivity index is 2.34. The molecular weight excluding hydrogens is 188 g/mol. The molecule has 1 aromatic carbocycles. The van der Waals surface area contributed by atoms with Gasteiger partial charge in [0.05, 0.1) is 11.6 Å². The maximum atomic E-state index is 9.96. The first-order valence-electron chi connectivity index (χ1n) is 4.62. The van der Waals surface area contributed by atoms with Gasteiger partial charge in [-0.15, -0.1) is 0 Å². The second-order valence-corrected chi connectivity index (χ2v) is 3.27. The van der Waals surface area contributed by atoms with Crippen molar-refractivity contribution in [3.8, 4) is 6.07 Å². The Morgan fingerprint density at radius 2 is 2.13 bits per heavy atom. The van der Waals surface area contributed by atoms with E-state index in [9.17, 15) is 5.11 Å². The molecule has 1 heterocycles. The molecule has 3 heteroatoms. The van der Waals surface area contributed by atoms with Gasteiger partial charge in [0.1, 0.15) is 6.10 Å². The normalized spacial score (nSPS) is 12.0. The molecule has 0 aliphatic heterocycles. The highest BCUT2D eigenvalue weighted by Gasteiger charge is 2.10. The molecule has 0 aliphatic rings. The van der Waals surface area contributed by atoms with E-state index in [4.69, 9.17) is 5.26 Å². The number of hydrogen-bond donors (Lipinski definition) is 2. The Morgan fingerprint density at radius 3 is 2.80 bits per heavy atom. The predicted octanol–water partition coefficient (Wildman–Crippen LogP) is 1.97. The lowest BCUT2D eigenvalue weighted by molar-refractivity contribution is 0.216. The van der Waals surface area contributed by atoms with E-state index >= 15 is 0 Å². The number of hydrogen-bond acceptors (Lipinski definition) is 2. The molecule has 0 fully saturated rings. The summed E-state index contributed by atoms with van der Waals surface area (Å²) in [4.78, 5) is 2.94. The summed E-state index contributed by atoms with van der Waals surface area (Å²) in [5.41, 5.74) is 2.00. The zero-order chi connectivity index (χ0) is 10.7. The van der Waals surface area contributed by atoms with E-state index in [2.05, 4.69) is 4.98 Å². The lowest BCUT2D eigenvalue weighted by Gasteiger charge is -2.08. The molecule has 0 saturated heterocycles. The second kappa shape index (κ2) is 3.99. The van der Waals surface area contributed by atoms with E-state index in [1.807, 2.05) is 18.2 Å².